The Labute approximate surface area is 100 Å². The highest BCUT2D eigenvalue weighted by atomic mass is 32.1. The van der Waals surface area contributed by atoms with Crippen LogP contribution in [0.25, 0.3) is 0 Å². The average molecular weight is 238 g/mol. The number of anilines is 1. The van der Waals surface area contributed by atoms with Crippen molar-refractivity contribution in [3.8, 4) is 0 Å². The summed E-state index contributed by atoms with van der Waals surface area (Å²) in [6.07, 6.45) is 3.35. The molecular weight excluding hydrogens is 220 g/mol. The molecule has 1 fully saturated rings. The van der Waals surface area contributed by atoms with Crippen LogP contribution in [0.2, 0.25) is 0 Å². The number of rotatable bonds is 2. The molecule has 2 atom stereocenters. The Kier molecular flexibility index (Phi) is 3.28. The van der Waals surface area contributed by atoms with Gasteiger partial charge in [0.25, 0.3) is 0 Å². The molecule has 2 unspecified atom stereocenters. The van der Waals surface area contributed by atoms with Crippen molar-refractivity contribution in [2.45, 2.75) is 39.7 Å². The van der Waals surface area contributed by atoms with E-state index in [1.165, 1.54) is 24.2 Å². The standard InChI is InChI=1S/C12H18N2OS/c1-8-4-5-14(9(2)6-8)12-13-10(3)11(7-15)16-12/h7-9H,4-6H2,1-3H3. The van der Waals surface area contributed by atoms with Crippen LogP contribution >= 0.6 is 11.3 Å². The molecule has 0 amide bonds. The van der Waals surface area contributed by atoms with Crippen molar-refractivity contribution in [3.63, 3.8) is 0 Å². The summed E-state index contributed by atoms with van der Waals surface area (Å²) >= 11 is 1.52. The minimum absolute atomic E-state index is 0.536. The topological polar surface area (TPSA) is 33.2 Å². The van der Waals surface area contributed by atoms with E-state index in [9.17, 15) is 4.79 Å². The molecule has 88 valence electrons. The van der Waals surface area contributed by atoms with Gasteiger partial charge in [-0.05, 0) is 32.6 Å². The van der Waals surface area contributed by atoms with E-state index in [-0.39, 0.29) is 0 Å². The maximum Gasteiger partial charge on any atom is 0.186 e. The van der Waals surface area contributed by atoms with Gasteiger partial charge in [0, 0.05) is 12.6 Å². The number of aromatic nitrogens is 1. The Balaban J connectivity index is 2.20. The van der Waals surface area contributed by atoms with Crippen LogP contribution in [0.4, 0.5) is 5.13 Å². The zero-order valence-electron chi connectivity index (χ0n) is 10.1. The molecule has 2 heterocycles. The molecule has 1 saturated heterocycles. The Hall–Kier alpha value is -0.900. The third kappa shape index (κ3) is 2.12. The number of aldehydes is 1. The minimum atomic E-state index is 0.536. The molecule has 1 aliphatic rings. The summed E-state index contributed by atoms with van der Waals surface area (Å²) in [7, 11) is 0. The van der Waals surface area contributed by atoms with Crippen LogP contribution in [0.1, 0.15) is 42.1 Å². The number of nitrogens with zero attached hydrogens (tertiary/aromatic N) is 2. The van der Waals surface area contributed by atoms with Crippen LogP contribution in [0.3, 0.4) is 0 Å². The van der Waals surface area contributed by atoms with Gasteiger partial charge in [0.1, 0.15) is 0 Å². The van der Waals surface area contributed by atoms with Crippen LogP contribution in [0.15, 0.2) is 0 Å². The second kappa shape index (κ2) is 4.53. The molecule has 1 aromatic heterocycles. The first kappa shape index (κ1) is 11.6. The van der Waals surface area contributed by atoms with Gasteiger partial charge in [-0.15, -0.1) is 0 Å². The van der Waals surface area contributed by atoms with Crippen molar-refractivity contribution in [1.29, 1.82) is 0 Å². The van der Waals surface area contributed by atoms with Crippen molar-refractivity contribution in [2.24, 2.45) is 5.92 Å². The predicted octanol–water partition coefficient (Wildman–Crippen LogP) is 2.89. The molecule has 1 aromatic rings. The molecule has 0 aromatic carbocycles. The molecular formula is C12H18N2OS. The molecule has 0 radical (unpaired) electrons. The Morgan fingerprint density at radius 2 is 2.25 bits per heavy atom. The smallest absolute Gasteiger partial charge is 0.186 e. The quantitative estimate of drug-likeness (QED) is 0.743. The van der Waals surface area contributed by atoms with E-state index < -0.39 is 0 Å². The first-order valence-corrected chi connectivity index (χ1v) is 6.62. The van der Waals surface area contributed by atoms with Gasteiger partial charge in [-0.2, -0.15) is 0 Å². The molecule has 1 aliphatic heterocycles. The number of carbonyl (C=O) groups excluding carboxylic acids is 1. The summed E-state index contributed by atoms with van der Waals surface area (Å²) < 4.78 is 0. The van der Waals surface area contributed by atoms with Crippen LogP contribution in [0.5, 0.6) is 0 Å². The lowest BCUT2D eigenvalue weighted by atomic mass is 9.94. The zero-order valence-corrected chi connectivity index (χ0v) is 10.9. The number of hydrogen-bond donors (Lipinski definition) is 0. The zero-order chi connectivity index (χ0) is 11.7. The average Bonchev–Trinajstić information content (AvgIpc) is 2.59. The SMILES string of the molecule is Cc1nc(N2CCC(C)CC2C)sc1C=O. The lowest BCUT2D eigenvalue weighted by Crippen LogP contribution is -2.40. The molecule has 0 spiro atoms. The monoisotopic (exact) mass is 238 g/mol. The lowest BCUT2D eigenvalue weighted by molar-refractivity contribution is 0.112. The maximum absolute atomic E-state index is 10.8. The van der Waals surface area contributed by atoms with E-state index in [1.54, 1.807) is 0 Å². The molecule has 0 saturated carbocycles. The van der Waals surface area contributed by atoms with Crippen molar-refractivity contribution in [2.75, 3.05) is 11.4 Å². The number of piperidine rings is 1. The van der Waals surface area contributed by atoms with E-state index in [0.29, 0.717) is 6.04 Å². The number of aryl methyl sites for hydroxylation is 1. The van der Waals surface area contributed by atoms with Crippen LogP contribution < -0.4 is 4.90 Å². The second-order valence-electron chi connectivity index (χ2n) is 4.74. The number of thiazole rings is 1. The van der Waals surface area contributed by atoms with Gasteiger partial charge >= 0.3 is 0 Å². The van der Waals surface area contributed by atoms with Crippen molar-refractivity contribution >= 4 is 22.8 Å². The van der Waals surface area contributed by atoms with Gasteiger partial charge in [0.05, 0.1) is 10.6 Å². The fourth-order valence-corrected chi connectivity index (χ4v) is 3.33. The van der Waals surface area contributed by atoms with Gasteiger partial charge in [0.15, 0.2) is 11.4 Å². The highest BCUT2D eigenvalue weighted by Gasteiger charge is 2.25. The predicted molar refractivity (Wildman–Crippen MR) is 67.4 cm³/mol. The molecule has 16 heavy (non-hydrogen) atoms. The van der Waals surface area contributed by atoms with Gasteiger partial charge < -0.3 is 4.90 Å². The molecule has 0 N–H and O–H groups in total. The lowest BCUT2D eigenvalue weighted by Gasteiger charge is -2.36. The first-order chi connectivity index (χ1) is 7.61. The Bertz CT molecular complexity index is 388. The van der Waals surface area contributed by atoms with Gasteiger partial charge in [0.2, 0.25) is 0 Å². The highest BCUT2D eigenvalue weighted by molar-refractivity contribution is 7.17. The van der Waals surface area contributed by atoms with Crippen LogP contribution in [-0.4, -0.2) is 23.9 Å². The summed E-state index contributed by atoms with van der Waals surface area (Å²) in [6, 6.07) is 0.536. The number of carbonyl (C=O) groups is 1. The highest BCUT2D eigenvalue weighted by Crippen LogP contribution is 2.31. The summed E-state index contributed by atoms with van der Waals surface area (Å²) in [5.74, 6) is 0.804. The second-order valence-corrected chi connectivity index (χ2v) is 5.75. The van der Waals surface area contributed by atoms with E-state index in [4.69, 9.17) is 0 Å². The first-order valence-electron chi connectivity index (χ1n) is 5.81. The van der Waals surface area contributed by atoms with E-state index in [2.05, 4.69) is 23.7 Å². The maximum atomic E-state index is 10.8. The van der Waals surface area contributed by atoms with Gasteiger partial charge in [-0.1, -0.05) is 18.3 Å². The minimum Gasteiger partial charge on any atom is -0.345 e. The van der Waals surface area contributed by atoms with E-state index in [1.807, 2.05) is 6.92 Å². The van der Waals surface area contributed by atoms with E-state index >= 15 is 0 Å². The van der Waals surface area contributed by atoms with Crippen LogP contribution in [0, 0.1) is 12.8 Å². The van der Waals surface area contributed by atoms with E-state index in [0.717, 1.165) is 34.5 Å². The van der Waals surface area contributed by atoms with Gasteiger partial charge in [-0.25, -0.2) is 4.98 Å². The third-order valence-corrected chi connectivity index (χ3v) is 4.43. The Morgan fingerprint density at radius 1 is 1.50 bits per heavy atom. The largest absolute Gasteiger partial charge is 0.345 e. The van der Waals surface area contributed by atoms with Gasteiger partial charge in [-0.3, -0.25) is 4.79 Å². The van der Waals surface area contributed by atoms with Crippen LogP contribution in [-0.2, 0) is 0 Å². The molecule has 3 nitrogen and oxygen atoms in total. The normalized spacial score (nSPS) is 25.8. The Morgan fingerprint density at radius 3 is 2.81 bits per heavy atom. The summed E-state index contributed by atoms with van der Waals surface area (Å²) in [5, 5.41) is 1.01. The fourth-order valence-electron chi connectivity index (χ4n) is 2.32. The molecule has 2 rings (SSSR count). The molecule has 0 aliphatic carbocycles. The van der Waals surface area contributed by atoms with Crippen molar-refractivity contribution in [1.82, 2.24) is 4.98 Å². The summed E-state index contributed by atoms with van der Waals surface area (Å²) in [5.41, 5.74) is 0.862. The van der Waals surface area contributed by atoms with Crippen molar-refractivity contribution < 1.29 is 4.79 Å². The molecule has 4 heteroatoms. The summed E-state index contributed by atoms with van der Waals surface area (Å²) in [6.45, 7) is 7.51. The molecule has 0 bridgehead atoms. The third-order valence-electron chi connectivity index (χ3n) is 3.31. The summed E-state index contributed by atoms with van der Waals surface area (Å²) in [4.78, 5) is 18.4. The number of hydrogen-bond acceptors (Lipinski definition) is 4. The van der Waals surface area contributed by atoms with Crippen molar-refractivity contribution in [3.05, 3.63) is 10.6 Å². The fraction of sp³-hybridized carbons (Fsp3) is 0.667.